The van der Waals surface area contributed by atoms with Crippen molar-refractivity contribution < 1.29 is 9.53 Å². The Morgan fingerprint density at radius 1 is 1.33 bits per heavy atom. The van der Waals surface area contributed by atoms with Gasteiger partial charge in [-0.25, -0.2) is 0 Å². The van der Waals surface area contributed by atoms with Crippen molar-refractivity contribution in [2.45, 2.75) is 39.5 Å². The highest BCUT2D eigenvalue weighted by Gasteiger charge is 2.13. The van der Waals surface area contributed by atoms with Crippen molar-refractivity contribution >= 4 is 16.8 Å². The largest absolute Gasteiger partial charge is 0.497 e. The van der Waals surface area contributed by atoms with E-state index in [9.17, 15) is 4.79 Å². The second-order valence-electron chi connectivity index (χ2n) is 5.37. The average Bonchev–Trinajstić information content (AvgIpc) is 2.79. The van der Waals surface area contributed by atoms with E-state index >= 15 is 0 Å². The fourth-order valence-corrected chi connectivity index (χ4v) is 2.54. The van der Waals surface area contributed by atoms with E-state index in [0.29, 0.717) is 6.42 Å². The lowest BCUT2D eigenvalue weighted by atomic mass is 10.1. The molecular formula is C17H24N2O2. The molecule has 0 fully saturated rings. The van der Waals surface area contributed by atoms with Crippen LogP contribution in [0.2, 0.25) is 0 Å². The van der Waals surface area contributed by atoms with Crippen LogP contribution in [0, 0.1) is 6.92 Å². The number of unbranched alkanes of at least 4 members (excludes halogenated alkanes) is 2. The second-order valence-corrected chi connectivity index (χ2v) is 5.37. The van der Waals surface area contributed by atoms with E-state index in [1.165, 1.54) is 0 Å². The summed E-state index contributed by atoms with van der Waals surface area (Å²) in [4.78, 5) is 15.4. The molecule has 1 aromatic carbocycles. The van der Waals surface area contributed by atoms with Crippen molar-refractivity contribution in [3.05, 3.63) is 29.5 Å². The molecule has 0 spiro atoms. The molecule has 0 atom stereocenters. The summed E-state index contributed by atoms with van der Waals surface area (Å²) in [6.07, 6.45) is 3.77. The number of hydrogen-bond acceptors (Lipinski definition) is 2. The first-order chi connectivity index (χ1) is 10.2. The van der Waals surface area contributed by atoms with Crippen LogP contribution in [0.3, 0.4) is 0 Å². The zero-order valence-electron chi connectivity index (χ0n) is 13.1. The maximum absolute atomic E-state index is 12.1. The molecule has 0 radical (unpaired) electrons. The third-order valence-electron chi connectivity index (χ3n) is 3.77. The van der Waals surface area contributed by atoms with Crippen LogP contribution < -0.4 is 10.1 Å². The van der Waals surface area contributed by atoms with Crippen molar-refractivity contribution in [2.24, 2.45) is 0 Å². The summed E-state index contributed by atoms with van der Waals surface area (Å²) in [5, 5.41) is 4.06. The van der Waals surface area contributed by atoms with Crippen LogP contribution in [0.1, 0.15) is 37.4 Å². The number of rotatable bonds is 7. The molecule has 0 saturated carbocycles. The summed E-state index contributed by atoms with van der Waals surface area (Å²) in [5.74, 6) is 0.893. The Morgan fingerprint density at radius 2 is 2.14 bits per heavy atom. The molecule has 1 aromatic heterocycles. The zero-order valence-corrected chi connectivity index (χ0v) is 13.1. The van der Waals surface area contributed by atoms with E-state index in [-0.39, 0.29) is 5.91 Å². The van der Waals surface area contributed by atoms with Crippen molar-refractivity contribution in [1.29, 1.82) is 0 Å². The zero-order chi connectivity index (χ0) is 15.2. The lowest BCUT2D eigenvalue weighted by Gasteiger charge is -2.06. The third kappa shape index (κ3) is 3.78. The minimum atomic E-state index is 0.0814. The smallest absolute Gasteiger partial charge is 0.224 e. The van der Waals surface area contributed by atoms with Crippen LogP contribution in [-0.4, -0.2) is 24.5 Å². The van der Waals surface area contributed by atoms with Crippen LogP contribution in [-0.2, 0) is 11.2 Å². The van der Waals surface area contributed by atoms with Gasteiger partial charge in [-0.2, -0.15) is 0 Å². The van der Waals surface area contributed by atoms with E-state index in [1.807, 2.05) is 25.1 Å². The van der Waals surface area contributed by atoms with Crippen LogP contribution >= 0.6 is 0 Å². The van der Waals surface area contributed by atoms with E-state index < -0.39 is 0 Å². The molecular weight excluding hydrogens is 264 g/mol. The molecule has 1 amide bonds. The minimum absolute atomic E-state index is 0.0814. The maximum Gasteiger partial charge on any atom is 0.224 e. The Hall–Kier alpha value is -1.97. The summed E-state index contributed by atoms with van der Waals surface area (Å²) in [6.45, 7) is 4.92. The Balaban J connectivity index is 2.10. The van der Waals surface area contributed by atoms with E-state index in [0.717, 1.165) is 53.7 Å². The predicted octanol–water partition coefficient (Wildman–Crippen LogP) is 3.33. The lowest BCUT2D eigenvalue weighted by molar-refractivity contribution is -0.120. The number of fused-ring (bicyclic) bond motifs is 1. The van der Waals surface area contributed by atoms with E-state index in [1.54, 1.807) is 7.11 Å². The molecule has 0 aliphatic carbocycles. The summed E-state index contributed by atoms with van der Waals surface area (Å²) in [5.41, 5.74) is 3.14. The highest BCUT2D eigenvalue weighted by Crippen LogP contribution is 2.26. The van der Waals surface area contributed by atoms with Crippen LogP contribution in [0.5, 0.6) is 5.75 Å². The Labute approximate surface area is 125 Å². The molecule has 114 valence electrons. The lowest BCUT2D eigenvalue weighted by Crippen LogP contribution is -2.26. The molecule has 0 aliphatic rings. The standard InChI is InChI=1S/C17H24N2O2/c1-4-5-6-9-18-17(20)11-14-12(2)19-16-8-7-13(21-3)10-15(14)16/h7-8,10,19H,4-6,9,11H2,1-3H3,(H,18,20). The van der Waals surface area contributed by atoms with Gasteiger partial charge in [-0.1, -0.05) is 19.8 Å². The third-order valence-corrected chi connectivity index (χ3v) is 3.77. The van der Waals surface area contributed by atoms with Gasteiger partial charge < -0.3 is 15.0 Å². The van der Waals surface area contributed by atoms with Gasteiger partial charge in [-0.15, -0.1) is 0 Å². The van der Waals surface area contributed by atoms with Crippen molar-refractivity contribution in [2.75, 3.05) is 13.7 Å². The predicted molar refractivity (Wildman–Crippen MR) is 85.8 cm³/mol. The number of carbonyl (C=O) groups excluding carboxylic acids is 1. The monoisotopic (exact) mass is 288 g/mol. The molecule has 1 heterocycles. The molecule has 21 heavy (non-hydrogen) atoms. The minimum Gasteiger partial charge on any atom is -0.497 e. The average molecular weight is 288 g/mol. The fraction of sp³-hybridized carbons (Fsp3) is 0.471. The molecule has 2 N–H and O–H groups in total. The number of aryl methyl sites for hydroxylation is 1. The number of aromatic nitrogens is 1. The number of carbonyl (C=O) groups is 1. The van der Waals surface area contributed by atoms with Gasteiger partial charge in [-0.3, -0.25) is 4.79 Å². The van der Waals surface area contributed by atoms with Gasteiger partial charge in [0.15, 0.2) is 0 Å². The van der Waals surface area contributed by atoms with Gasteiger partial charge >= 0.3 is 0 Å². The molecule has 2 aromatic rings. The first-order valence-corrected chi connectivity index (χ1v) is 7.57. The van der Waals surface area contributed by atoms with Gasteiger partial charge in [0.2, 0.25) is 5.91 Å². The Kier molecular flexibility index (Phi) is 5.26. The Bertz CT molecular complexity index is 617. The molecule has 4 heteroatoms. The molecule has 0 unspecified atom stereocenters. The summed E-state index contributed by atoms with van der Waals surface area (Å²) >= 11 is 0. The number of benzene rings is 1. The quantitative estimate of drug-likeness (QED) is 0.768. The number of nitrogens with one attached hydrogen (secondary N) is 2. The molecule has 4 nitrogen and oxygen atoms in total. The molecule has 2 rings (SSSR count). The van der Waals surface area contributed by atoms with Crippen molar-refractivity contribution in [1.82, 2.24) is 10.3 Å². The van der Waals surface area contributed by atoms with Crippen LogP contribution in [0.4, 0.5) is 0 Å². The number of hydrogen-bond donors (Lipinski definition) is 2. The van der Waals surface area contributed by atoms with Crippen LogP contribution in [0.25, 0.3) is 10.9 Å². The fourth-order valence-electron chi connectivity index (χ4n) is 2.54. The van der Waals surface area contributed by atoms with E-state index in [2.05, 4.69) is 17.2 Å². The normalized spacial score (nSPS) is 10.8. The number of amides is 1. The van der Waals surface area contributed by atoms with Crippen LogP contribution in [0.15, 0.2) is 18.2 Å². The summed E-state index contributed by atoms with van der Waals surface area (Å²) < 4.78 is 5.27. The van der Waals surface area contributed by atoms with Gasteiger partial charge in [0.1, 0.15) is 5.75 Å². The number of ether oxygens (including phenoxy) is 1. The number of H-pyrrole nitrogens is 1. The van der Waals surface area contributed by atoms with Gasteiger partial charge in [-0.05, 0) is 37.1 Å². The van der Waals surface area contributed by atoms with Gasteiger partial charge in [0.05, 0.1) is 13.5 Å². The SMILES string of the molecule is CCCCCNC(=O)Cc1c(C)[nH]c2ccc(OC)cc12. The molecule has 0 saturated heterocycles. The van der Waals surface area contributed by atoms with Gasteiger partial charge in [0, 0.05) is 23.1 Å². The van der Waals surface area contributed by atoms with Crippen molar-refractivity contribution in [3.8, 4) is 5.75 Å². The van der Waals surface area contributed by atoms with E-state index in [4.69, 9.17) is 4.74 Å². The highest BCUT2D eigenvalue weighted by atomic mass is 16.5. The Morgan fingerprint density at radius 3 is 2.86 bits per heavy atom. The molecule has 0 aliphatic heterocycles. The topological polar surface area (TPSA) is 54.1 Å². The first kappa shape index (κ1) is 15.4. The highest BCUT2D eigenvalue weighted by molar-refractivity contribution is 5.90. The van der Waals surface area contributed by atoms with Gasteiger partial charge in [0.25, 0.3) is 0 Å². The number of aromatic amines is 1. The summed E-state index contributed by atoms with van der Waals surface area (Å²) in [7, 11) is 1.65. The number of methoxy groups -OCH3 is 1. The van der Waals surface area contributed by atoms with Crippen molar-refractivity contribution in [3.63, 3.8) is 0 Å². The first-order valence-electron chi connectivity index (χ1n) is 7.57. The summed E-state index contributed by atoms with van der Waals surface area (Å²) in [6, 6.07) is 5.90. The maximum atomic E-state index is 12.1. The second kappa shape index (κ2) is 7.16. The molecule has 0 bridgehead atoms.